The van der Waals surface area contributed by atoms with Gasteiger partial charge < -0.3 is 15.4 Å². The SMILES string of the molecule is CN(C)Cc1ccc(Cl)c(-c2ccn3nccc(Oc4ccc(N(C(=O)C5(C(N)=O)CC5)c5ccc(F)cc5)cc4F)c23)c1. The molecule has 224 valence electrons. The summed E-state index contributed by atoms with van der Waals surface area (Å²) in [5, 5.41) is 4.92. The average molecular weight is 616 g/mol. The van der Waals surface area contributed by atoms with Gasteiger partial charge in [-0.1, -0.05) is 17.7 Å². The highest BCUT2D eigenvalue weighted by atomic mass is 35.5. The van der Waals surface area contributed by atoms with Crippen molar-refractivity contribution < 1.29 is 23.1 Å². The van der Waals surface area contributed by atoms with Gasteiger partial charge in [0, 0.05) is 46.7 Å². The summed E-state index contributed by atoms with van der Waals surface area (Å²) in [5.41, 5.74) is 7.74. The molecule has 6 rings (SSSR count). The van der Waals surface area contributed by atoms with Crippen LogP contribution in [0.15, 0.2) is 85.2 Å². The monoisotopic (exact) mass is 615 g/mol. The number of nitrogens with zero attached hydrogens (tertiary/aromatic N) is 4. The van der Waals surface area contributed by atoms with Crippen molar-refractivity contribution in [2.45, 2.75) is 19.4 Å². The highest BCUT2D eigenvalue weighted by Crippen LogP contribution is 2.49. The molecule has 3 aromatic carbocycles. The van der Waals surface area contributed by atoms with Crippen LogP contribution in [0.25, 0.3) is 16.6 Å². The first-order valence-corrected chi connectivity index (χ1v) is 14.2. The summed E-state index contributed by atoms with van der Waals surface area (Å²) in [6.07, 6.45) is 3.87. The van der Waals surface area contributed by atoms with E-state index in [1.807, 2.05) is 38.4 Å². The lowest BCUT2D eigenvalue weighted by atomic mass is 10.0. The number of carbonyl (C=O) groups is 2. The van der Waals surface area contributed by atoms with Gasteiger partial charge in [-0.3, -0.25) is 14.5 Å². The molecule has 5 aromatic rings. The van der Waals surface area contributed by atoms with Crippen LogP contribution in [0.3, 0.4) is 0 Å². The van der Waals surface area contributed by atoms with Crippen LogP contribution in [0.5, 0.6) is 11.5 Å². The fourth-order valence-corrected chi connectivity index (χ4v) is 5.49. The summed E-state index contributed by atoms with van der Waals surface area (Å²) in [5.74, 6) is -2.41. The van der Waals surface area contributed by atoms with E-state index < -0.39 is 28.9 Å². The van der Waals surface area contributed by atoms with Crippen molar-refractivity contribution in [1.29, 1.82) is 0 Å². The van der Waals surface area contributed by atoms with Crippen molar-refractivity contribution in [3.63, 3.8) is 0 Å². The second kappa shape index (κ2) is 11.4. The predicted molar refractivity (Wildman–Crippen MR) is 164 cm³/mol. The van der Waals surface area contributed by atoms with Gasteiger partial charge in [-0.2, -0.15) is 5.10 Å². The standard InChI is InChI=1S/C33H28ClF2N5O3/c1-39(2)19-20-3-9-26(34)25(17-20)24-12-16-40-30(24)29(11-15-38-40)44-28-10-8-23(18-27(28)36)41(22-6-4-21(35)5-7-22)32(43)33(13-14-33)31(37)42/h3-12,15-18H,13-14,19H2,1-2H3,(H2,37,42). The number of hydrogen-bond acceptors (Lipinski definition) is 5. The van der Waals surface area contributed by atoms with E-state index in [2.05, 4.69) is 10.00 Å². The number of primary amides is 1. The first-order valence-electron chi connectivity index (χ1n) is 13.8. The molecule has 8 nitrogen and oxygen atoms in total. The van der Waals surface area contributed by atoms with Gasteiger partial charge in [-0.15, -0.1) is 0 Å². The Morgan fingerprint density at radius 2 is 1.68 bits per heavy atom. The molecule has 0 radical (unpaired) electrons. The highest BCUT2D eigenvalue weighted by molar-refractivity contribution is 6.33. The maximum atomic E-state index is 15.7. The summed E-state index contributed by atoms with van der Waals surface area (Å²) in [4.78, 5) is 29.0. The molecule has 2 heterocycles. The minimum Gasteiger partial charge on any atom is -0.452 e. The minimum absolute atomic E-state index is 0.107. The summed E-state index contributed by atoms with van der Waals surface area (Å²) >= 11 is 6.62. The number of fused-ring (bicyclic) bond motifs is 1. The molecule has 2 amide bonds. The molecule has 0 saturated heterocycles. The Morgan fingerprint density at radius 1 is 0.955 bits per heavy atom. The molecular formula is C33H28ClF2N5O3. The third kappa shape index (κ3) is 5.38. The normalized spacial score (nSPS) is 13.7. The fourth-order valence-electron chi connectivity index (χ4n) is 5.27. The maximum Gasteiger partial charge on any atom is 0.247 e. The van der Waals surface area contributed by atoms with Crippen molar-refractivity contribution >= 4 is 40.3 Å². The smallest absolute Gasteiger partial charge is 0.247 e. The van der Waals surface area contributed by atoms with Crippen LogP contribution in [0.4, 0.5) is 20.2 Å². The average Bonchev–Trinajstić information content (AvgIpc) is 3.70. The second-order valence-corrected chi connectivity index (χ2v) is 11.5. The Kier molecular flexibility index (Phi) is 7.56. The Labute approximate surface area is 257 Å². The Bertz CT molecular complexity index is 1900. The number of nitrogens with two attached hydrogens (primary N) is 1. The number of aromatic nitrogens is 2. The zero-order valence-electron chi connectivity index (χ0n) is 23.9. The first-order chi connectivity index (χ1) is 21.1. The molecule has 44 heavy (non-hydrogen) atoms. The topological polar surface area (TPSA) is 93.2 Å². The van der Waals surface area contributed by atoms with Crippen LogP contribution < -0.4 is 15.4 Å². The van der Waals surface area contributed by atoms with Gasteiger partial charge in [-0.25, -0.2) is 13.3 Å². The van der Waals surface area contributed by atoms with E-state index in [1.54, 1.807) is 16.8 Å². The van der Waals surface area contributed by atoms with Gasteiger partial charge in [0.25, 0.3) is 0 Å². The molecule has 2 aromatic heterocycles. The van der Waals surface area contributed by atoms with E-state index in [0.29, 0.717) is 22.8 Å². The molecule has 1 aliphatic rings. The number of carbonyl (C=O) groups excluding carboxylic acids is 2. The number of amides is 2. The zero-order chi connectivity index (χ0) is 31.2. The third-order valence-corrected chi connectivity index (χ3v) is 7.98. The van der Waals surface area contributed by atoms with Crippen LogP contribution in [-0.4, -0.2) is 40.4 Å². The van der Waals surface area contributed by atoms with Crippen LogP contribution in [0.1, 0.15) is 18.4 Å². The van der Waals surface area contributed by atoms with E-state index >= 15 is 4.39 Å². The van der Waals surface area contributed by atoms with Gasteiger partial charge >= 0.3 is 0 Å². The quantitative estimate of drug-likeness (QED) is 0.186. The van der Waals surface area contributed by atoms with E-state index in [1.165, 1.54) is 47.5 Å². The van der Waals surface area contributed by atoms with E-state index in [0.717, 1.165) is 22.8 Å². The molecule has 0 aliphatic heterocycles. The van der Waals surface area contributed by atoms with Crippen molar-refractivity contribution in [2.24, 2.45) is 11.1 Å². The molecule has 0 unspecified atom stereocenters. The summed E-state index contributed by atoms with van der Waals surface area (Å²) in [6, 6.07) is 18.4. The molecule has 0 atom stereocenters. The zero-order valence-corrected chi connectivity index (χ0v) is 24.7. The fraction of sp³-hybridized carbons (Fsp3) is 0.182. The molecule has 0 spiro atoms. The summed E-state index contributed by atoms with van der Waals surface area (Å²) < 4.78 is 37.2. The molecule has 1 saturated carbocycles. The van der Waals surface area contributed by atoms with Crippen LogP contribution in [0, 0.1) is 17.0 Å². The van der Waals surface area contributed by atoms with Crippen molar-refractivity contribution in [3.8, 4) is 22.6 Å². The van der Waals surface area contributed by atoms with Crippen LogP contribution in [0.2, 0.25) is 5.02 Å². The van der Waals surface area contributed by atoms with E-state index in [9.17, 15) is 14.0 Å². The third-order valence-electron chi connectivity index (χ3n) is 7.65. The number of rotatable bonds is 9. The number of halogens is 3. The van der Waals surface area contributed by atoms with Crippen LogP contribution >= 0.6 is 11.6 Å². The Hall–Kier alpha value is -4.80. The number of hydrogen-bond donors (Lipinski definition) is 1. The molecule has 1 fully saturated rings. The molecule has 2 N–H and O–H groups in total. The predicted octanol–water partition coefficient (Wildman–Crippen LogP) is 6.72. The maximum absolute atomic E-state index is 15.7. The summed E-state index contributed by atoms with van der Waals surface area (Å²) in [7, 11) is 3.96. The highest BCUT2D eigenvalue weighted by Gasteiger charge is 2.57. The summed E-state index contributed by atoms with van der Waals surface area (Å²) in [6.45, 7) is 0.715. The number of anilines is 2. The first kappa shape index (κ1) is 29.3. The van der Waals surface area contributed by atoms with Gasteiger partial charge in [-0.05, 0) is 87.1 Å². The van der Waals surface area contributed by atoms with Gasteiger partial charge in [0.05, 0.1) is 11.9 Å². The van der Waals surface area contributed by atoms with Gasteiger partial charge in [0.2, 0.25) is 11.8 Å². The lowest BCUT2D eigenvalue weighted by molar-refractivity contribution is -0.133. The molecule has 1 aliphatic carbocycles. The lowest BCUT2D eigenvalue weighted by Gasteiger charge is -2.26. The van der Waals surface area contributed by atoms with Crippen molar-refractivity contribution in [1.82, 2.24) is 14.5 Å². The Balaban J connectivity index is 1.37. The van der Waals surface area contributed by atoms with Crippen LogP contribution in [-0.2, 0) is 16.1 Å². The largest absolute Gasteiger partial charge is 0.452 e. The molecular weight excluding hydrogens is 588 g/mol. The van der Waals surface area contributed by atoms with Crippen molar-refractivity contribution in [3.05, 3.63) is 107 Å². The second-order valence-electron chi connectivity index (χ2n) is 11.1. The van der Waals surface area contributed by atoms with Gasteiger partial charge in [0.1, 0.15) is 16.7 Å². The Morgan fingerprint density at radius 3 is 2.34 bits per heavy atom. The van der Waals surface area contributed by atoms with Crippen molar-refractivity contribution in [2.75, 3.05) is 19.0 Å². The minimum atomic E-state index is -1.39. The molecule has 0 bridgehead atoms. The number of ether oxygens (including phenoxy) is 1. The van der Waals surface area contributed by atoms with E-state index in [4.69, 9.17) is 22.1 Å². The van der Waals surface area contributed by atoms with Gasteiger partial charge in [0.15, 0.2) is 17.3 Å². The molecule has 11 heteroatoms. The van der Waals surface area contributed by atoms with E-state index in [-0.39, 0.29) is 30.0 Å². The lowest BCUT2D eigenvalue weighted by Crippen LogP contribution is -2.41. The number of benzene rings is 3.